The molecular weight excluding hydrogens is 306 g/mol. The van der Waals surface area contributed by atoms with Crippen LogP contribution in [0.5, 0.6) is 0 Å². The van der Waals surface area contributed by atoms with Gasteiger partial charge in [-0.2, -0.15) is 0 Å². The van der Waals surface area contributed by atoms with Crippen LogP contribution in [0.15, 0.2) is 24.5 Å². The average Bonchev–Trinajstić information content (AvgIpc) is 3.32. The standard InChI is InChI=1S/C17H21N5O2/c1-12-3-2-4-15(22(23)24)16(12)20-9-7-13(8-10-20)17-19-18-11-21(17)14-5-6-14/h2-4,11,13-14H,5-10H2,1H3. The van der Waals surface area contributed by atoms with E-state index in [1.165, 1.54) is 12.8 Å². The number of hydrogen-bond acceptors (Lipinski definition) is 5. The normalized spacial score (nSPS) is 18.8. The molecule has 1 aromatic carbocycles. The lowest BCUT2D eigenvalue weighted by Crippen LogP contribution is -2.34. The van der Waals surface area contributed by atoms with Crippen LogP contribution in [0.1, 0.15) is 49.0 Å². The Kier molecular flexibility index (Phi) is 3.70. The molecule has 126 valence electrons. The van der Waals surface area contributed by atoms with Crippen LogP contribution in [0.3, 0.4) is 0 Å². The zero-order valence-electron chi connectivity index (χ0n) is 13.8. The highest BCUT2D eigenvalue weighted by molar-refractivity contribution is 5.67. The third-order valence-corrected chi connectivity index (χ3v) is 5.13. The lowest BCUT2D eigenvalue weighted by molar-refractivity contribution is -0.384. The Morgan fingerprint density at radius 3 is 2.62 bits per heavy atom. The van der Waals surface area contributed by atoms with Crippen molar-refractivity contribution in [3.8, 4) is 0 Å². The van der Waals surface area contributed by atoms with Gasteiger partial charge in [-0.05, 0) is 38.2 Å². The van der Waals surface area contributed by atoms with Gasteiger partial charge in [-0.3, -0.25) is 10.1 Å². The van der Waals surface area contributed by atoms with E-state index in [-0.39, 0.29) is 10.6 Å². The van der Waals surface area contributed by atoms with E-state index < -0.39 is 0 Å². The first-order valence-corrected chi connectivity index (χ1v) is 8.53. The molecule has 4 rings (SSSR count). The highest BCUT2D eigenvalue weighted by atomic mass is 16.6. The number of hydrogen-bond donors (Lipinski definition) is 0. The summed E-state index contributed by atoms with van der Waals surface area (Å²) >= 11 is 0. The first-order valence-electron chi connectivity index (χ1n) is 8.53. The molecule has 0 N–H and O–H groups in total. The molecule has 2 aliphatic rings. The highest BCUT2D eigenvalue weighted by Gasteiger charge is 2.32. The fourth-order valence-electron chi connectivity index (χ4n) is 3.74. The molecule has 7 nitrogen and oxygen atoms in total. The first-order chi connectivity index (χ1) is 11.6. The molecule has 24 heavy (non-hydrogen) atoms. The number of anilines is 1. The van der Waals surface area contributed by atoms with E-state index in [9.17, 15) is 10.1 Å². The predicted molar refractivity (Wildman–Crippen MR) is 90.3 cm³/mol. The zero-order valence-corrected chi connectivity index (χ0v) is 13.8. The zero-order chi connectivity index (χ0) is 16.7. The van der Waals surface area contributed by atoms with E-state index in [0.29, 0.717) is 12.0 Å². The van der Waals surface area contributed by atoms with E-state index in [0.717, 1.165) is 43.0 Å². The third kappa shape index (κ3) is 2.64. The second-order valence-corrected chi connectivity index (χ2v) is 6.79. The van der Waals surface area contributed by atoms with E-state index in [4.69, 9.17) is 0 Å². The summed E-state index contributed by atoms with van der Waals surface area (Å²) in [5.74, 6) is 1.49. The summed E-state index contributed by atoms with van der Waals surface area (Å²) < 4.78 is 2.23. The number of para-hydroxylation sites is 1. The minimum Gasteiger partial charge on any atom is -0.366 e. The second kappa shape index (κ2) is 5.89. The first kappa shape index (κ1) is 15.1. The molecular formula is C17H21N5O2. The molecule has 0 radical (unpaired) electrons. The molecule has 1 saturated heterocycles. The van der Waals surface area contributed by atoms with Crippen molar-refractivity contribution in [1.29, 1.82) is 0 Å². The SMILES string of the molecule is Cc1cccc([N+](=O)[O-])c1N1CCC(c2nncn2C2CC2)CC1. The van der Waals surface area contributed by atoms with Crippen molar-refractivity contribution < 1.29 is 4.92 Å². The smallest absolute Gasteiger partial charge is 0.292 e. The number of nitrogens with zero attached hydrogens (tertiary/aromatic N) is 5. The Morgan fingerprint density at radius 2 is 1.96 bits per heavy atom. The van der Waals surface area contributed by atoms with Crippen LogP contribution in [-0.4, -0.2) is 32.8 Å². The van der Waals surface area contributed by atoms with Crippen molar-refractivity contribution in [2.24, 2.45) is 0 Å². The van der Waals surface area contributed by atoms with Gasteiger partial charge in [0.2, 0.25) is 0 Å². The molecule has 1 aliphatic heterocycles. The van der Waals surface area contributed by atoms with E-state index in [1.807, 2.05) is 19.3 Å². The van der Waals surface area contributed by atoms with Gasteiger partial charge in [-0.15, -0.1) is 10.2 Å². The van der Waals surface area contributed by atoms with Crippen LogP contribution in [0.2, 0.25) is 0 Å². The van der Waals surface area contributed by atoms with Crippen LogP contribution in [0.4, 0.5) is 11.4 Å². The van der Waals surface area contributed by atoms with Gasteiger partial charge in [-0.25, -0.2) is 0 Å². The Morgan fingerprint density at radius 1 is 1.21 bits per heavy atom. The van der Waals surface area contributed by atoms with E-state index >= 15 is 0 Å². The maximum absolute atomic E-state index is 11.4. The summed E-state index contributed by atoms with van der Waals surface area (Å²) in [6.07, 6.45) is 6.21. The van der Waals surface area contributed by atoms with Crippen LogP contribution < -0.4 is 4.90 Å². The largest absolute Gasteiger partial charge is 0.366 e. The van der Waals surface area contributed by atoms with Crippen LogP contribution in [0.25, 0.3) is 0 Å². The van der Waals surface area contributed by atoms with Crippen molar-refractivity contribution in [3.05, 3.63) is 46.0 Å². The molecule has 1 aromatic heterocycles. The Hall–Kier alpha value is -2.44. The summed E-state index contributed by atoms with van der Waals surface area (Å²) in [4.78, 5) is 13.2. The van der Waals surface area contributed by atoms with Gasteiger partial charge >= 0.3 is 0 Å². The molecule has 2 aromatic rings. The van der Waals surface area contributed by atoms with Crippen LogP contribution >= 0.6 is 0 Å². The fourth-order valence-corrected chi connectivity index (χ4v) is 3.74. The van der Waals surface area contributed by atoms with Gasteiger partial charge in [0.15, 0.2) is 0 Å². The molecule has 0 bridgehead atoms. The van der Waals surface area contributed by atoms with Crippen molar-refractivity contribution in [2.75, 3.05) is 18.0 Å². The third-order valence-electron chi connectivity index (χ3n) is 5.13. The van der Waals surface area contributed by atoms with Gasteiger partial charge in [0.1, 0.15) is 17.8 Å². The average molecular weight is 327 g/mol. The summed E-state index contributed by atoms with van der Waals surface area (Å²) in [5, 5.41) is 19.8. The van der Waals surface area contributed by atoms with Crippen molar-refractivity contribution in [2.45, 2.75) is 44.6 Å². The minimum absolute atomic E-state index is 0.203. The molecule has 1 saturated carbocycles. The Labute approximate surface area is 140 Å². The quantitative estimate of drug-likeness (QED) is 0.636. The van der Waals surface area contributed by atoms with Gasteiger partial charge in [0, 0.05) is 31.1 Å². The maximum atomic E-state index is 11.4. The number of rotatable bonds is 4. The lowest BCUT2D eigenvalue weighted by Gasteiger charge is -2.33. The summed E-state index contributed by atoms with van der Waals surface area (Å²) in [6.45, 7) is 3.57. The van der Waals surface area contributed by atoms with E-state index in [1.54, 1.807) is 12.1 Å². The maximum Gasteiger partial charge on any atom is 0.292 e. The monoisotopic (exact) mass is 327 g/mol. The van der Waals surface area contributed by atoms with Crippen LogP contribution in [-0.2, 0) is 0 Å². The molecule has 0 amide bonds. The van der Waals surface area contributed by atoms with Gasteiger partial charge < -0.3 is 9.47 Å². The molecule has 0 atom stereocenters. The van der Waals surface area contributed by atoms with Crippen molar-refractivity contribution >= 4 is 11.4 Å². The number of nitro groups is 1. The number of nitro benzene ring substituents is 1. The predicted octanol–water partition coefficient (Wildman–Crippen LogP) is 3.21. The second-order valence-electron chi connectivity index (χ2n) is 6.79. The summed E-state index contributed by atoms with van der Waals surface area (Å²) in [7, 11) is 0. The lowest BCUT2D eigenvalue weighted by atomic mass is 9.94. The molecule has 0 spiro atoms. The van der Waals surface area contributed by atoms with Crippen LogP contribution in [0, 0.1) is 17.0 Å². The Balaban J connectivity index is 1.53. The topological polar surface area (TPSA) is 77.1 Å². The summed E-state index contributed by atoms with van der Waals surface area (Å²) in [5.41, 5.74) is 1.93. The molecule has 2 heterocycles. The fraction of sp³-hybridized carbons (Fsp3) is 0.529. The summed E-state index contributed by atoms with van der Waals surface area (Å²) in [6, 6.07) is 5.88. The molecule has 0 unspecified atom stereocenters. The number of aromatic nitrogens is 3. The van der Waals surface area contributed by atoms with Gasteiger partial charge in [-0.1, -0.05) is 12.1 Å². The number of piperidine rings is 1. The molecule has 7 heteroatoms. The minimum atomic E-state index is -0.280. The molecule has 2 fully saturated rings. The number of benzene rings is 1. The Bertz CT molecular complexity index is 760. The van der Waals surface area contributed by atoms with E-state index in [2.05, 4.69) is 19.7 Å². The molecule has 1 aliphatic carbocycles. The van der Waals surface area contributed by atoms with Gasteiger partial charge in [0.25, 0.3) is 5.69 Å². The number of aryl methyl sites for hydroxylation is 1. The van der Waals surface area contributed by atoms with Crippen molar-refractivity contribution in [1.82, 2.24) is 14.8 Å². The van der Waals surface area contributed by atoms with Crippen molar-refractivity contribution in [3.63, 3.8) is 0 Å². The highest BCUT2D eigenvalue weighted by Crippen LogP contribution is 2.40. The van der Waals surface area contributed by atoms with Gasteiger partial charge in [0.05, 0.1) is 4.92 Å².